The highest BCUT2D eigenvalue weighted by Crippen LogP contribution is 2.22. The van der Waals surface area contributed by atoms with Gasteiger partial charge in [-0.15, -0.1) is 0 Å². The molecule has 0 radical (unpaired) electrons. The van der Waals surface area contributed by atoms with Crippen LogP contribution in [0.5, 0.6) is 0 Å². The predicted molar refractivity (Wildman–Crippen MR) is 70.4 cm³/mol. The van der Waals surface area contributed by atoms with Crippen molar-refractivity contribution >= 4 is 39.1 Å². The SMILES string of the molecule is O=c1cc(Cl)[nH]c(=O)n1-c1cc(Br)ccc1Cl. The standard InChI is InChI=1S/C10H5BrCl2N2O2/c11-5-1-2-6(12)7(3-5)15-9(16)4-8(13)14-10(15)17/h1-4H,(H,14,17). The first kappa shape index (κ1) is 12.4. The Morgan fingerprint density at radius 1 is 1.18 bits per heavy atom. The lowest BCUT2D eigenvalue weighted by atomic mass is 10.3. The zero-order valence-corrected chi connectivity index (χ0v) is 11.3. The first-order valence-corrected chi connectivity index (χ1v) is 6.01. The number of aromatic nitrogens is 2. The predicted octanol–water partition coefficient (Wildman–Crippen LogP) is 2.60. The largest absolute Gasteiger partial charge is 0.334 e. The summed E-state index contributed by atoms with van der Waals surface area (Å²) in [7, 11) is 0. The van der Waals surface area contributed by atoms with Crippen LogP contribution < -0.4 is 11.2 Å². The highest BCUT2D eigenvalue weighted by atomic mass is 79.9. The van der Waals surface area contributed by atoms with E-state index < -0.39 is 11.2 Å². The maximum Gasteiger partial charge on any atom is 0.334 e. The van der Waals surface area contributed by atoms with Crippen LogP contribution in [0.2, 0.25) is 10.2 Å². The van der Waals surface area contributed by atoms with E-state index in [2.05, 4.69) is 20.9 Å². The van der Waals surface area contributed by atoms with E-state index >= 15 is 0 Å². The Balaban J connectivity index is 2.82. The van der Waals surface area contributed by atoms with Crippen LogP contribution in [0.4, 0.5) is 0 Å². The third-order valence-electron chi connectivity index (χ3n) is 2.05. The van der Waals surface area contributed by atoms with Crippen LogP contribution in [-0.2, 0) is 0 Å². The highest BCUT2D eigenvalue weighted by molar-refractivity contribution is 9.10. The molecule has 17 heavy (non-hydrogen) atoms. The van der Waals surface area contributed by atoms with Gasteiger partial charge in [0.05, 0.1) is 10.7 Å². The molecule has 0 spiro atoms. The molecule has 1 aromatic carbocycles. The summed E-state index contributed by atoms with van der Waals surface area (Å²) in [5.74, 6) is 0. The van der Waals surface area contributed by atoms with Gasteiger partial charge in [-0.1, -0.05) is 39.1 Å². The number of benzene rings is 1. The summed E-state index contributed by atoms with van der Waals surface area (Å²) in [5.41, 5.74) is -0.884. The lowest BCUT2D eigenvalue weighted by molar-refractivity contribution is 0.875. The molecule has 7 heteroatoms. The minimum Gasteiger partial charge on any atom is -0.297 e. The van der Waals surface area contributed by atoms with Gasteiger partial charge in [-0.2, -0.15) is 0 Å². The van der Waals surface area contributed by atoms with Crippen molar-refractivity contribution in [1.82, 2.24) is 9.55 Å². The number of hydrogen-bond donors (Lipinski definition) is 1. The monoisotopic (exact) mass is 334 g/mol. The molecular weight excluding hydrogens is 331 g/mol. The second-order valence-corrected chi connectivity index (χ2v) is 4.92. The van der Waals surface area contributed by atoms with Gasteiger partial charge in [0.25, 0.3) is 5.56 Å². The second kappa shape index (κ2) is 4.68. The van der Waals surface area contributed by atoms with Crippen molar-refractivity contribution in [3.05, 3.63) is 59.8 Å². The fourth-order valence-corrected chi connectivity index (χ4v) is 2.08. The van der Waals surface area contributed by atoms with Gasteiger partial charge in [-0.3, -0.25) is 9.78 Å². The van der Waals surface area contributed by atoms with E-state index in [-0.39, 0.29) is 5.15 Å². The molecule has 0 bridgehead atoms. The first-order chi connectivity index (χ1) is 7.99. The van der Waals surface area contributed by atoms with Gasteiger partial charge in [0, 0.05) is 10.5 Å². The molecule has 1 aromatic heterocycles. The number of H-pyrrole nitrogens is 1. The molecule has 1 N–H and O–H groups in total. The Hall–Kier alpha value is -1.04. The molecule has 2 aromatic rings. The number of hydrogen-bond acceptors (Lipinski definition) is 2. The molecule has 0 saturated carbocycles. The van der Waals surface area contributed by atoms with Crippen LogP contribution in [0.15, 0.2) is 38.3 Å². The van der Waals surface area contributed by atoms with Crippen molar-refractivity contribution < 1.29 is 0 Å². The molecule has 0 atom stereocenters. The van der Waals surface area contributed by atoms with Gasteiger partial charge in [0.15, 0.2) is 0 Å². The molecule has 4 nitrogen and oxygen atoms in total. The highest BCUT2D eigenvalue weighted by Gasteiger charge is 2.09. The minimum atomic E-state index is -0.637. The van der Waals surface area contributed by atoms with E-state index in [1.54, 1.807) is 18.2 Å². The van der Waals surface area contributed by atoms with Crippen molar-refractivity contribution in [2.45, 2.75) is 0 Å². The molecule has 2 rings (SSSR count). The van der Waals surface area contributed by atoms with Crippen LogP contribution >= 0.6 is 39.1 Å². The third kappa shape index (κ3) is 2.46. The lowest BCUT2D eigenvalue weighted by Gasteiger charge is -2.06. The van der Waals surface area contributed by atoms with Crippen molar-refractivity contribution in [2.24, 2.45) is 0 Å². The van der Waals surface area contributed by atoms with Crippen molar-refractivity contribution in [3.63, 3.8) is 0 Å². The van der Waals surface area contributed by atoms with Gasteiger partial charge in [-0.05, 0) is 18.2 Å². The molecule has 0 saturated heterocycles. The number of aromatic amines is 1. The van der Waals surface area contributed by atoms with Crippen LogP contribution in [0.1, 0.15) is 0 Å². The first-order valence-electron chi connectivity index (χ1n) is 4.46. The minimum absolute atomic E-state index is 0.0117. The topological polar surface area (TPSA) is 54.9 Å². The molecule has 0 fully saturated rings. The summed E-state index contributed by atoms with van der Waals surface area (Å²) in [6.07, 6.45) is 0. The van der Waals surface area contributed by atoms with E-state index in [0.717, 1.165) is 10.6 Å². The van der Waals surface area contributed by atoms with E-state index in [0.29, 0.717) is 15.2 Å². The molecule has 0 aliphatic rings. The number of nitrogens with zero attached hydrogens (tertiary/aromatic N) is 1. The quantitative estimate of drug-likeness (QED) is 0.814. The summed E-state index contributed by atoms with van der Waals surface area (Å²) in [5, 5.41) is 0.283. The average molecular weight is 336 g/mol. The van der Waals surface area contributed by atoms with Gasteiger partial charge >= 0.3 is 5.69 Å². The van der Waals surface area contributed by atoms with Gasteiger partial charge in [0.1, 0.15) is 5.15 Å². The zero-order chi connectivity index (χ0) is 12.6. The Morgan fingerprint density at radius 2 is 1.88 bits per heavy atom. The lowest BCUT2D eigenvalue weighted by Crippen LogP contribution is -2.33. The van der Waals surface area contributed by atoms with E-state index in [9.17, 15) is 9.59 Å². The van der Waals surface area contributed by atoms with Crippen molar-refractivity contribution in [1.29, 1.82) is 0 Å². The fraction of sp³-hybridized carbons (Fsp3) is 0. The molecule has 0 aliphatic heterocycles. The Labute approximate surface area is 114 Å². The molecule has 88 valence electrons. The van der Waals surface area contributed by atoms with Crippen molar-refractivity contribution in [2.75, 3.05) is 0 Å². The van der Waals surface area contributed by atoms with E-state index in [4.69, 9.17) is 23.2 Å². The summed E-state index contributed by atoms with van der Waals surface area (Å²) in [4.78, 5) is 25.7. The maximum atomic E-state index is 11.7. The summed E-state index contributed by atoms with van der Waals surface area (Å²) in [6.45, 7) is 0. The van der Waals surface area contributed by atoms with Crippen LogP contribution in [0.25, 0.3) is 5.69 Å². The van der Waals surface area contributed by atoms with Crippen LogP contribution in [0, 0.1) is 0 Å². The van der Waals surface area contributed by atoms with Crippen molar-refractivity contribution in [3.8, 4) is 5.69 Å². The summed E-state index contributed by atoms with van der Waals surface area (Å²) < 4.78 is 1.62. The van der Waals surface area contributed by atoms with Gasteiger partial charge in [0.2, 0.25) is 0 Å². The Morgan fingerprint density at radius 3 is 2.53 bits per heavy atom. The number of rotatable bonds is 1. The van der Waals surface area contributed by atoms with Crippen LogP contribution in [-0.4, -0.2) is 9.55 Å². The smallest absolute Gasteiger partial charge is 0.297 e. The molecule has 0 aliphatic carbocycles. The summed E-state index contributed by atoms with van der Waals surface area (Å²) >= 11 is 14.8. The van der Waals surface area contributed by atoms with Gasteiger partial charge in [-0.25, -0.2) is 9.36 Å². The molecule has 0 amide bonds. The average Bonchev–Trinajstić information content (AvgIpc) is 2.21. The zero-order valence-electron chi connectivity index (χ0n) is 8.21. The third-order valence-corrected chi connectivity index (χ3v) is 3.07. The fourth-order valence-electron chi connectivity index (χ4n) is 1.35. The number of halogens is 3. The second-order valence-electron chi connectivity index (χ2n) is 3.19. The number of nitrogens with one attached hydrogen (secondary N) is 1. The normalized spacial score (nSPS) is 10.5. The summed E-state index contributed by atoms with van der Waals surface area (Å²) in [6, 6.07) is 5.98. The molecule has 1 heterocycles. The van der Waals surface area contributed by atoms with E-state index in [1.165, 1.54) is 0 Å². The Bertz CT molecular complexity index is 662. The molecule has 0 unspecified atom stereocenters. The van der Waals surface area contributed by atoms with Gasteiger partial charge < -0.3 is 0 Å². The Kier molecular flexibility index (Phi) is 3.42. The van der Waals surface area contributed by atoms with Crippen LogP contribution in [0.3, 0.4) is 0 Å². The van der Waals surface area contributed by atoms with E-state index in [1.807, 2.05) is 0 Å². The molecular formula is C10H5BrCl2N2O2. The maximum absolute atomic E-state index is 11.7.